The average molecular weight is 371 g/mol. The van der Waals surface area contributed by atoms with Crippen LogP contribution in [0.4, 0.5) is 5.69 Å². The second kappa shape index (κ2) is 8.41. The molecule has 0 aliphatic carbocycles. The van der Waals surface area contributed by atoms with Crippen molar-refractivity contribution in [2.24, 2.45) is 0 Å². The van der Waals surface area contributed by atoms with Crippen LogP contribution >= 0.6 is 12.2 Å². The summed E-state index contributed by atoms with van der Waals surface area (Å²) in [4.78, 5) is 2.25. The van der Waals surface area contributed by atoms with Crippen LogP contribution in [-0.4, -0.2) is 37.3 Å². The molecule has 4 nitrogen and oxygen atoms in total. The second-order valence-corrected chi connectivity index (χ2v) is 7.00. The Balaban J connectivity index is 1.60. The Morgan fingerprint density at radius 2 is 1.81 bits per heavy atom. The van der Waals surface area contributed by atoms with Gasteiger partial charge in [-0.05, 0) is 73.3 Å². The summed E-state index contributed by atoms with van der Waals surface area (Å²) in [6.07, 6.45) is 2.15. The molecule has 1 aliphatic heterocycles. The Morgan fingerprint density at radius 1 is 1.08 bits per heavy atom. The highest BCUT2D eigenvalue weighted by molar-refractivity contribution is 7.80. The van der Waals surface area contributed by atoms with Gasteiger partial charge in [0.15, 0.2) is 5.11 Å². The third kappa shape index (κ3) is 4.10. The SMILES string of the molecule is COc1ccc(NC(=S)N2CCC(c3ccccc3OC)CC2)c(C)c1. The number of para-hydroxylation sites is 1. The summed E-state index contributed by atoms with van der Waals surface area (Å²) in [5, 5.41) is 4.17. The number of anilines is 1. The highest BCUT2D eigenvalue weighted by Crippen LogP contribution is 2.34. The maximum Gasteiger partial charge on any atom is 0.173 e. The molecule has 0 spiro atoms. The number of thiocarbonyl (C=S) groups is 1. The van der Waals surface area contributed by atoms with Crippen molar-refractivity contribution < 1.29 is 9.47 Å². The maximum atomic E-state index is 5.64. The minimum absolute atomic E-state index is 0.521. The zero-order valence-electron chi connectivity index (χ0n) is 15.6. The van der Waals surface area contributed by atoms with E-state index < -0.39 is 0 Å². The molecule has 3 rings (SSSR count). The second-order valence-electron chi connectivity index (χ2n) is 6.61. The van der Waals surface area contributed by atoms with Crippen molar-refractivity contribution in [1.82, 2.24) is 4.90 Å². The van der Waals surface area contributed by atoms with Crippen LogP contribution in [0.5, 0.6) is 11.5 Å². The number of rotatable bonds is 4. The minimum Gasteiger partial charge on any atom is -0.497 e. The van der Waals surface area contributed by atoms with Crippen LogP contribution in [0, 0.1) is 6.92 Å². The van der Waals surface area contributed by atoms with E-state index in [1.807, 2.05) is 30.3 Å². The molecule has 2 aromatic rings. The van der Waals surface area contributed by atoms with Gasteiger partial charge in [-0.15, -0.1) is 0 Å². The molecule has 5 heteroatoms. The highest BCUT2D eigenvalue weighted by Gasteiger charge is 2.24. The van der Waals surface area contributed by atoms with Crippen LogP contribution in [0.3, 0.4) is 0 Å². The van der Waals surface area contributed by atoms with Gasteiger partial charge in [-0.1, -0.05) is 18.2 Å². The fourth-order valence-corrected chi connectivity index (χ4v) is 3.79. The summed E-state index contributed by atoms with van der Waals surface area (Å²) in [5.74, 6) is 2.37. The lowest BCUT2D eigenvalue weighted by molar-refractivity contribution is 0.310. The van der Waals surface area contributed by atoms with E-state index in [1.165, 1.54) is 5.56 Å². The van der Waals surface area contributed by atoms with Crippen LogP contribution in [0.2, 0.25) is 0 Å². The predicted molar refractivity (Wildman–Crippen MR) is 110 cm³/mol. The Kier molecular flexibility index (Phi) is 5.99. The van der Waals surface area contributed by atoms with E-state index in [0.717, 1.165) is 53.8 Å². The molecule has 1 heterocycles. The molecule has 0 radical (unpaired) electrons. The molecule has 1 fully saturated rings. The van der Waals surface area contributed by atoms with E-state index in [-0.39, 0.29) is 0 Å². The third-order valence-electron chi connectivity index (χ3n) is 5.04. The number of hydrogen-bond donors (Lipinski definition) is 1. The van der Waals surface area contributed by atoms with Crippen molar-refractivity contribution in [1.29, 1.82) is 0 Å². The van der Waals surface area contributed by atoms with Gasteiger partial charge < -0.3 is 19.7 Å². The summed E-state index contributed by atoms with van der Waals surface area (Å²) in [6, 6.07) is 14.3. The quantitative estimate of drug-likeness (QED) is 0.796. The number of ether oxygens (including phenoxy) is 2. The van der Waals surface area contributed by atoms with Crippen LogP contribution < -0.4 is 14.8 Å². The largest absolute Gasteiger partial charge is 0.497 e. The lowest BCUT2D eigenvalue weighted by Crippen LogP contribution is -2.40. The van der Waals surface area contributed by atoms with Gasteiger partial charge in [0.1, 0.15) is 11.5 Å². The van der Waals surface area contributed by atoms with Crippen LogP contribution in [0.1, 0.15) is 29.9 Å². The smallest absolute Gasteiger partial charge is 0.173 e. The molecule has 0 aromatic heterocycles. The number of nitrogens with one attached hydrogen (secondary N) is 1. The zero-order valence-corrected chi connectivity index (χ0v) is 16.4. The summed E-state index contributed by atoms with van der Waals surface area (Å²) < 4.78 is 10.8. The molecule has 26 heavy (non-hydrogen) atoms. The molecular formula is C21H26N2O2S. The molecule has 1 aliphatic rings. The van der Waals surface area contributed by atoms with E-state index in [9.17, 15) is 0 Å². The first kappa shape index (κ1) is 18.5. The normalized spacial score (nSPS) is 14.8. The maximum absolute atomic E-state index is 5.64. The Labute approximate surface area is 161 Å². The monoisotopic (exact) mass is 370 g/mol. The van der Waals surface area contributed by atoms with Crippen molar-refractivity contribution in [3.63, 3.8) is 0 Å². The zero-order chi connectivity index (χ0) is 18.5. The van der Waals surface area contributed by atoms with E-state index in [1.54, 1.807) is 14.2 Å². The number of likely N-dealkylation sites (tertiary alicyclic amines) is 1. The molecule has 138 valence electrons. The van der Waals surface area contributed by atoms with E-state index in [0.29, 0.717) is 5.92 Å². The van der Waals surface area contributed by atoms with Gasteiger partial charge in [0.05, 0.1) is 14.2 Å². The number of piperidine rings is 1. The fraction of sp³-hybridized carbons (Fsp3) is 0.381. The molecule has 2 aromatic carbocycles. The minimum atomic E-state index is 0.521. The van der Waals surface area contributed by atoms with E-state index in [4.69, 9.17) is 21.7 Å². The number of nitrogens with zero attached hydrogens (tertiary/aromatic N) is 1. The van der Waals surface area contributed by atoms with Crippen LogP contribution in [0.25, 0.3) is 0 Å². The van der Waals surface area contributed by atoms with Crippen molar-refractivity contribution in [2.75, 3.05) is 32.6 Å². The summed E-state index contributed by atoms with van der Waals surface area (Å²) in [5.41, 5.74) is 3.46. The molecule has 0 atom stereocenters. The summed E-state index contributed by atoms with van der Waals surface area (Å²) >= 11 is 5.64. The van der Waals surface area contributed by atoms with Crippen molar-refractivity contribution in [3.05, 3.63) is 53.6 Å². The molecule has 0 bridgehead atoms. The third-order valence-corrected chi connectivity index (χ3v) is 5.40. The van der Waals surface area contributed by atoms with E-state index in [2.05, 4.69) is 29.3 Å². The van der Waals surface area contributed by atoms with Gasteiger partial charge in [0, 0.05) is 18.8 Å². The molecule has 1 N–H and O–H groups in total. The van der Waals surface area contributed by atoms with Crippen molar-refractivity contribution >= 4 is 23.0 Å². The average Bonchev–Trinajstić information content (AvgIpc) is 2.69. The summed E-state index contributed by atoms with van der Waals surface area (Å²) in [7, 11) is 3.42. The van der Waals surface area contributed by atoms with E-state index >= 15 is 0 Å². The van der Waals surface area contributed by atoms with Gasteiger partial charge >= 0.3 is 0 Å². The Hall–Kier alpha value is -2.27. The van der Waals surface area contributed by atoms with Crippen molar-refractivity contribution in [3.8, 4) is 11.5 Å². The van der Waals surface area contributed by atoms with Crippen LogP contribution in [0.15, 0.2) is 42.5 Å². The lowest BCUT2D eigenvalue weighted by Gasteiger charge is -2.34. The standard InChI is InChI=1S/C21H26N2O2S/c1-15-14-17(24-2)8-9-19(15)22-21(26)23-12-10-16(11-13-23)18-6-4-5-7-20(18)25-3/h4-9,14,16H,10-13H2,1-3H3,(H,22,26). The van der Waals surface area contributed by atoms with Gasteiger partial charge in [0.25, 0.3) is 0 Å². The van der Waals surface area contributed by atoms with Crippen LogP contribution in [-0.2, 0) is 0 Å². The number of benzene rings is 2. The lowest BCUT2D eigenvalue weighted by atomic mass is 9.89. The topological polar surface area (TPSA) is 33.7 Å². The first-order valence-corrected chi connectivity index (χ1v) is 9.36. The molecule has 0 amide bonds. The predicted octanol–water partition coefficient (Wildman–Crippen LogP) is 4.59. The number of aryl methyl sites for hydroxylation is 1. The fourth-order valence-electron chi connectivity index (χ4n) is 3.49. The van der Waals surface area contributed by atoms with Gasteiger partial charge in [0.2, 0.25) is 0 Å². The molecule has 0 unspecified atom stereocenters. The Morgan fingerprint density at radius 3 is 2.46 bits per heavy atom. The number of hydrogen-bond acceptors (Lipinski definition) is 3. The number of methoxy groups -OCH3 is 2. The molecule has 1 saturated heterocycles. The van der Waals surface area contributed by atoms with Gasteiger partial charge in [-0.3, -0.25) is 0 Å². The first-order valence-electron chi connectivity index (χ1n) is 8.96. The molecule has 0 saturated carbocycles. The molecular weight excluding hydrogens is 344 g/mol. The van der Waals surface area contributed by atoms with Gasteiger partial charge in [-0.2, -0.15) is 0 Å². The highest BCUT2D eigenvalue weighted by atomic mass is 32.1. The first-order chi connectivity index (χ1) is 12.6. The van der Waals surface area contributed by atoms with Crippen molar-refractivity contribution in [2.45, 2.75) is 25.7 Å². The Bertz CT molecular complexity index is 770. The van der Waals surface area contributed by atoms with Gasteiger partial charge in [-0.25, -0.2) is 0 Å². The summed E-state index contributed by atoms with van der Waals surface area (Å²) in [6.45, 7) is 3.95.